The predicted octanol–water partition coefficient (Wildman–Crippen LogP) is 4.18. The normalized spacial score (nSPS) is 9.70. The van der Waals surface area contributed by atoms with Gasteiger partial charge in [-0.3, -0.25) is 15.0 Å². The molecule has 0 aliphatic heterocycles. The Morgan fingerprint density at radius 3 is 1.27 bits per heavy atom. The number of benzene rings is 3. The minimum Gasteiger partial charge on any atom is -2.00 e. The molecule has 0 fully saturated rings. The Balaban J connectivity index is 0.000000996. The van der Waals surface area contributed by atoms with Crippen molar-refractivity contribution in [2.45, 2.75) is 0 Å². The van der Waals surface area contributed by atoms with Gasteiger partial charge in [0.15, 0.2) is 0 Å². The summed E-state index contributed by atoms with van der Waals surface area (Å²) in [6.07, 6.45) is 6.55. The first-order valence-electron chi connectivity index (χ1n) is 9.28. The van der Waals surface area contributed by atoms with Gasteiger partial charge in [0.1, 0.15) is 0 Å². The fourth-order valence-electron chi connectivity index (χ4n) is 2.45. The molecule has 168 valence electrons. The molecule has 0 N–H and O–H groups in total. The standard InChI is InChI=1S/C20H16N2O2.C5H5N.2O.U/c23-19-11-5-1-7-15(19)13-21-17-9-3-4-10-18(17)22-14-16-8-2-6-12-20(16)24;1-2-4-6-5-3-1;;;/h1-14,23-24H;1-5H;;;/q;;2*-2;/p-2. The van der Waals surface area contributed by atoms with Crippen molar-refractivity contribution >= 4 is 23.8 Å². The van der Waals surface area contributed by atoms with Gasteiger partial charge in [-0.2, -0.15) is 0 Å². The molecule has 0 atom stereocenters. The van der Waals surface area contributed by atoms with Crippen molar-refractivity contribution in [1.82, 2.24) is 4.98 Å². The number of hydrogen-bond acceptors (Lipinski definition) is 5. The van der Waals surface area contributed by atoms with E-state index in [4.69, 9.17) is 0 Å². The minimum absolute atomic E-state index is 0. The molecule has 0 aliphatic carbocycles. The van der Waals surface area contributed by atoms with Crippen molar-refractivity contribution in [3.63, 3.8) is 0 Å². The molecular formula is C25H19N3O4U-6. The Morgan fingerprint density at radius 1 is 0.545 bits per heavy atom. The molecule has 0 amide bonds. The van der Waals surface area contributed by atoms with Crippen LogP contribution < -0.4 is 10.2 Å². The molecule has 7 nitrogen and oxygen atoms in total. The van der Waals surface area contributed by atoms with E-state index in [-0.39, 0.29) is 53.6 Å². The molecule has 0 radical (unpaired) electrons. The van der Waals surface area contributed by atoms with Gasteiger partial charge in [-0.05, 0) is 35.4 Å². The van der Waals surface area contributed by atoms with Gasteiger partial charge in [-0.15, -0.1) is 11.5 Å². The molecule has 0 aliphatic rings. The second kappa shape index (κ2) is 16.4. The summed E-state index contributed by atoms with van der Waals surface area (Å²) < 4.78 is 0. The summed E-state index contributed by atoms with van der Waals surface area (Å²) in [5.74, 6) is -0.162. The zero-order valence-electron chi connectivity index (χ0n) is 17.4. The van der Waals surface area contributed by atoms with E-state index in [1.54, 1.807) is 60.9 Å². The summed E-state index contributed by atoms with van der Waals surface area (Å²) >= 11 is 0. The Labute approximate surface area is 216 Å². The van der Waals surface area contributed by atoms with Crippen molar-refractivity contribution in [3.05, 3.63) is 115 Å². The van der Waals surface area contributed by atoms with Crippen LogP contribution in [0.3, 0.4) is 0 Å². The molecule has 0 saturated heterocycles. The average molecular weight is 663 g/mol. The topological polar surface area (TPSA) is 141 Å². The van der Waals surface area contributed by atoms with E-state index < -0.39 is 0 Å². The third kappa shape index (κ3) is 9.81. The van der Waals surface area contributed by atoms with E-state index in [0.717, 1.165) is 0 Å². The Bertz CT molecular complexity index is 1040. The molecule has 8 heteroatoms. The van der Waals surface area contributed by atoms with Crippen molar-refractivity contribution in [2.24, 2.45) is 9.98 Å². The Kier molecular flexibility index (Phi) is 14.7. The van der Waals surface area contributed by atoms with Gasteiger partial charge in [-0.1, -0.05) is 66.7 Å². The van der Waals surface area contributed by atoms with E-state index in [2.05, 4.69) is 15.0 Å². The zero-order valence-corrected chi connectivity index (χ0v) is 21.6. The van der Waals surface area contributed by atoms with E-state index in [9.17, 15) is 10.2 Å². The van der Waals surface area contributed by atoms with Gasteiger partial charge in [0.05, 0.1) is 11.4 Å². The molecular weight excluding hydrogens is 644 g/mol. The first-order chi connectivity index (χ1) is 14.7. The maximum atomic E-state index is 11.7. The molecule has 1 heterocycles. The second-order valence-corrected chi connectivity index (χ2v) is 6.11. The summed E-state index contributed by atoms with van der Waals surface area (Å²) in [4.78, 5) is 12.5. The van der Waals surface area contributed by atoms with E-state index >= 15 is 0 Å². The van der Waals surface area contributed by atoms with Crippen molar-refractivity contribution in [3.8, 4) is 11.5 Å². The Hall–Kier alpha value is -3.28. The fourth-order valence-corrected chi connectivity index (χ4v) is 2.45. The minimum atomic E-state index is -0.0810. The van der Waals surface area contributed by atoms with Gasteiger partial charge in [0.2, 0.25) is 0 Å². The van der Waals surface area contributed by atoms with Gasteiger partial charge in [0, 0.05) is 55.9 Å². The maximum absolute atomic E-state index is 11.7. The molecule has 4 aromatic rings. The molecule has 0 bridgehead atoms. The van der Waals surface area contributed by atoms with Crippen LogP contribution in [0.25, 0.3) is 0 Å². The predicted molar refractivity (Wildman–Crippen MR) is 118 cm³/mol. The number of hydrogen-bond donors (Lipinski definition) is 0. The van der Waals surface area contributed by atoms with Crippen LogP contribution in [-0.4, -0.2) is 17.4 Å². The summed E-state index contributed by atoms with van der Waals surface area (Å²) in [7, 11) is 0. The maximum Gasteiger partial charge on any atom is 0.0886 e. The third-order valence-electron chi connectivity index (χ3n) is 3.97. The molecule has 0 unspecified atom stereocenters. The molecule has 0 saturated carbocycles. The van der Waals surface area contributed by atoms with Crippen molar-refractivity contribution in [1.29, 1.82) is 0 Å². The molecule has 33 heavy (non-hydrogen) atoms. The van der Waals surface area contributed by atoms with Gasteiger partial charge < -0.3 is 21.2 Å². The van der Waals surface area contributed by atoms with Crippen LogP contribution in [0.4, 0.5) is 11.4 Å². The van der Waals surface area contributed by atoms with Crippen LogP contribution in [0.15, 0.2) is 113 Å². The SMILES string of the molecule is [O-2].[O-2].[O-]c1ccccc1C=Nc1ccccc1N=Cc1ccccc1[O-].[U].c1ccncc1. The third-order valence-corrected chi connectivity index (χ3v) is 3.97. The van der Waals surface area contributed by atoms with Crippen LogP contribution in [-0.2, 0) is 11.0 Å². The molecule has 1 aromatic heterocycles. The first kappa shape index (κ1) is 29.7. The van der Waals surface area contributed by atoms with Crippen LogP contribution in [0.1, 0.15) is 11.1 Å². The number of nitrogens with zero attached hydrogens (tertiary/aromatic N) is 3. The van der Waals surface area contributed by atoms with Crippen LogP contribution >= 0.6 is 0 Å². The number of para-hydroxylation sites is 4. The molecule has 4 rings (SSSR count). The fraction of sp³-hybridized carbons (Fsp3) is 0. The summed E-state index contributed by atoms with van der Waals surface area (Å²) in [5.41, 5.74) is 2.28. The van der Waals surface area contributed by atoms with Crippen LogP contribution in [0, 0.1) is 31.1 Å². The van der Waals surface area contributed by atoms with E-state index in [1.165, 1.54) is 24.6 Å². The van der Waals surface area contributed by atoms with Gasteiger partial charge in [-0.25, -0.2) is 0 Å². The summed E-state index contributed by atoms with van der Waals surface area (Å²) in [6.45, 7) is 0. The number of aromatic nitrogens is 1. The number of rotatable bonds is 4. The monoisotopic (exact) mass is 663 g/mol. The zero-order chi connectivity index (χ0) is 21.0. The number of pyridine rings is 1. The van der Waals surface area contributed by atoms with Crippen LogP contribution in [0.5, 0.6) is 11.5 Å². The summed E-state index contributed by atoms with van der Waals surface area (Å²) in [5, 5.41) is 23.4. The molecule has 3 aromatic carbocycles. The van der Waals surface area contributed by atoms with Gasteiger partial charge >= 0.3 is 0 Å². The van der Waals surface area contributed by atoms with Crippen molar-refractivity contribution < 1.29 is 52.3 Å². The number of aliphatic imine (C=N–C) groups is 2. The van der Waals surface area contributed by atoms with Gasteiger partial charge in [0.25, 0.3) is 0 Å². The smallest absolute Gasteiger partial charge is 0.0886 e. The quantitative estimate of drug-likeness (QED) is 0.303. The second-order valence-electron chi connectivity index (χ2n) is 6.11. The largest absolute Gasteiger partial charge is 2.00 e. The summed E-state index contributed by atoms with van der Waals surface area (Å²) in [6, 6.07) is 26.4. The van der Waals surface area contributed by atoms with E-state index in [0.29, 0.717) is 22.5 Å². The average Bonchev–Trinajstić information content (AvgIpc) is 2.80. The first-order valence-corrected chi connectivity index (χ1v) is 9.28. The molecule has 0 spiro atoms. The van der Waals surface area contributed by atoms with Crippen molar-refractivity contribution in [2.75, 3.05) is 0 Å². The van der Waals surface area contributed by atoms with E-state index in [1.807, 2.05) is 30.3 Å². The Morgan fingerprint density at radius 2 is 0.939 bits per heavy atom. The van der Waals surface area contributed by atoms with Crippen LogP contribution in [0.2, 0.25) is 0 Å².